The van der Waals surface area contributed by atoms with E-state index in [0.29, 0.717) is 0 Å². The van der Waals surface area contributed by atoms with Crippen molar-refractivity contribution in [3.63, 3.8) is 0 Å². The van der Waals surface area contributed by atoms with Crippen LogP contribution >= 0.6 is 0 Å². The second kappa shape index (κ2) is 3.63. The van der Waals surface area contributed by atoms with Crippen LogP contribution in [0.5, 0.6) is 0 Å². The Balaban J connectivity index is 2.24. The molecule has 90 valence electrons. The summed E-state index contributed by atoms with van der Waals surface area (Å²) < 4.78 is 0. The number of benzene rings is 1. The van der Waals surface area contributed by atoms with Crippen molar-refractivity contribution in [3.8, 4) is 0 Å². The van der Waals surface area contributed by atoms with Crippen molar-refractivity contribution in [2.24, 2.45) is 0 Å². The van der Waals surface area contributed by atoms with Gasteiger partial charge in [0.1, 0.15) is 0 Å². The monoisotopic (exact) mass is 227 g/mol. The molecule has 1 unspecified atom stereocenters. The molecule has 0 N–H and O–H groups in total. The van der Waals surface area contributed by atoms with Crippen LogP contribution in [0.2, 0.25) is 0 Å². The number of para-hydroxylation sites is 1. The van der Waals surface area contributed by atoms with Crippen LogP contribution in [0.15, 0.2) is 24.3 Å². The fourth-order valence-electron chi connectivity index (χ4n) is 3.34. The number of allylic oxidation sites excluding steroid dienone is 1. The molecule has 0 radical (unpaired) electrons. The zero-order chi connectivity index (χ0) is 12.0. The van der Waals surface area contributed by atoms with Crippen LogP contribution in [-0.4, -0.2) is 12.1 Å². The molecule has 1 aromatic carbocycles. The molecule has 0 saturated heterocycles. The smallest absolute Gasteiger partial charge is 0.0560 e. The molecule has 3 rings (SSSR count). The molecule has 0 aromatic heterocycles. The first-order chi connectivity index (χ1) is 8.19. The van der Waals surface area contributed by atoms with E-state index < -0.39 is 0 Å². The summed E-state index contributed by atoms with van der Waals surface area (Å²) in [5.41, 5.74) is 6.31. The number of hydrogen-bond acceptors (Lipinski definition) is 1. The van der Waals surface area contributed by atoms with Gasteiger partial charge in [0, 0.05) is 17.8 Å². The van der Waals surface area contributed by atoms with Gasteiger partial charge in [-0.2, -0.15) is 0 Å². The van der Waals surface area contributed by atoms with Gasteiger partial charge >= 0.3 is 0 Å². The molecule has 1 nitrogen and oxygen atoms in total. The number of rotatable bonds is 2. The zero-order valence-electron chi connectivity index (χ0n) is 11.1. The molecule has 0 amide bonds. The molecule has 1 heteroatoms. The van der Waals surface area contributed by atoms with Gasteiger partial charge in [-0.15, -0.1) is 0 Å². The molecule has 2 heterocycles. The second-order valence-electron chi connectivity index (χ2n) is 5.45. The van der Waals surface area contributed by atoms with Crippen LogP contribution in [0.3, 0.4) is 0 Å². The van der Waals surface area contributed by atoms with Crippen molar-refractivity contribution in [1.29, 1.82) is 0 Å². The van der Waals surface area contributed by atoms with E-state index in [2.05, 4.69) is 49.9 Å². The first-order valence-corrected chi connectivity index (χ1v) is 6.81. The summed E-state index contributed by atoms with van der Waals surface area (Å²) in [7, 11) is 0. The topological polar surface area (TPSA) is 3.24 Å². The van der Waals surface area contributed by atoms with Crippen LogP contribution in [-0.2, 0) is 6.42 Å². The molecule has 0 spiro atoms. The summed E-state index contributed by atoms with van der Waals surface area (Å²) in [6, 6.07) is 6.81. The van der Waals surface area contributed by atoms with E-state index in [0.717, 1.165) is 6.42 Å². The lowest BCUT2D eigenvalue weighted by Crippen LogP contribution is -2.45. The highest BCUT2D eigenvalue weighted by atomic mass is 15.2. The Bertz CT molecular complexity index is 486. The summed E-state index contributed by atoms with van der Waals surface area (Å²) in [6.07, 6.45) is 6.04. The minimum absolute atomic E-state index is 0.227. The standard InChI is InChI=1S/C16H21N/c1-4-12-11-16(3,5-2)17-10-9-13-7-6-8-14(12)15(13)17/h6-8,11H,4-5,9-10H2,1-3H3. The number of anilines is 1. The fourth-order valence-corrected chi connectivity index (χ4v) is 3.34. The van der Waals surface area contributed by atoms with Crippen molar-refractivity contribution in [2.45, 2.75) is 45.6 Å². The Hall–Kier alpha value is -1.24. The third kappa shape index (κ3) is 1.38. The highest BCUT2D eigenvalue weighted by molar-refractivity contribution is 5.85. The van der Waals surface area contributed by atoms with E-state index in [4.69, 9.17) is 0 Å². The summed E-state index contributed by atoms with van der Waals surface area (Å²) >= 11 is 0. The maximum atomic E-state index is 2.62. The number of nitrogens with zero attached hydrogens (tertiary/aromatic N) is 1. The number of hydrogen-bond donors (Lipinski definition) is 0. The molecular weight excluding hydrogens is 206 g/mol. The summed E-state index contributed by atoms with van der Waals surface area (Å²) in [5.74, 6) is 0. The van der Waals surface area contributed by atoms with E-state index in [1.54, 1.807) is 5.56 Å². The third-order valence-corrected chi connectivity index (χ3v) is 4.54. The minimum Gasteiger partial charge on any atom is -0.362 e. The molecule has 17 heavy (non-hydrogen) atoms. The van der Waals surface area contributed by atoms with E-state index in [1.807, 2.05) is 0 Å². The molecule has 2 aliphatic rings. The van der Waals surface area contributed by atoms with Gasteiger partial charge in [0.2, 0.25) is 0 Å². The SMILES string of the molecule is CCC1=CC(C)(CC)N2CCc3cccc1c32. The quantitative estimate of drug-likeness (QED) is 0.737. The minimum atomic E-state index is 0.227. The van der Waals surface area contributed by atoms with Crippen LogP contribution in [0, 0.1) is 0 Å². The molecule has 0 bridgehead atoms. The van der Waals surface area contributed by atoms with Gasteiger partial charge in [0.05, 0.1) is 5.54 Å². The van der Waals surface area contributed by atoms with Crippen molar-refractivity contribution in [1.82, 2.24) is 0 Å². The van der Waals surface area contributed by atoms with Gasteiger partial charge in [-0.3, -0.25) is 0 Å². The van der Waals surface area contributed by atoms with Gasteiger partial charge < -0.3 is 4.90 Å². The van der Waals surface area contributed by atoms with E-state index in [-0.39, 0.29) is 5.54 Å². The summed E-state index contributed by atoms with van der Waals surface area (Å²) in [5, 5.41) is 0. The Kier molecular flexibility index (Phi) is 2.32. The lowest BCUT2D eigenvalue weighted by atomic mass is 9.84. The first-order valence-electron chi connectivity index (χ1n) is 6.81. The van der Waals surface area contributed by atoms with Gasteiger partial charge in [-0.1, -0.05) is 38.1 Å². The molecule has 0 fully saturated rings. The summed E-state index contributed by atoms with van der Waals surface area (Å²) in [4.78, 5) is 2.62. The normalized spacial score (nSPS) is 25.8. The van der Waals surface area contributed by atoms with E-state index in [9.17, 15) is 0 Å². The molecule has 0 saturated carbocycles. The maximum absolute atomic E-state index is 2.62. The fraction of sp³-hybridized carbons (Fsp3) is 0.500. The zero-order valence-corrected chi connectivity index (χ0v) is 11.1. The molecular formula is C16H21N. The highest BCUT2D eigenvalue weighted by Crippen LogP contribution is 2.46. The first kappa shape index (κ1) is 10.9. The Morgan fingerprint density at radius 3 is 2.82 bits per heavy atom. The van der Waals surface area contributed by atoms with Crippen molar-refractivity contribution in [3.05, 3.63) is 35.4 Å². The van der Waals surface area contributed by atoms with Crippen molar-refractivity contribution < 1.29 is 0 Å². The lowest BCUT2D eigenvalue weighted by molar-refractivity contribution is 0.505. The van der Waals surface area contributed by atoms with Crippen LogP contribution in [0.1, 0.15) is 44.7 Å². The Labute approximate surface area is 104 Å². The molecule has 1 atom stereocenters. The largest absolute Gasteiger partial charge is 0.362 e. The van der Waals surface area contributed by atoms with Gasteiger partial charge in [-0.05, 0) is 37.3 Å². The summed E-state index contributed by atoms with van der Waals surface area (Å²) in [6.45, 7) is 8.14. The second-order valence-corrected chi connectivity index (χ2v) is 5.45. The Morgan fingerprint density at radius 2 is 2.12 bits per heavy atom. The van der Waals surface area contributed by atoms with Crippen LogP contribution in [0.25, 0.3) is 5.57 Å². The van der Waals surface area contributed by atoms with Gasteiger partial charge in [-0.25, -0.2) is 0 Å². The molecule has 2 aliphatic heterocycles. The van der Waals surface area contributed by atoms with Crippen LogP contribution < -0.4 is 4.90 Å². The average molecular weight is 227 g/mol. The van der Waals surface area contributed by atoms with Gasteiger partial charge in [0.25, 0.3) is 0 Å². The predicted octanol–water partition coefficient (Wildman–Crippen LogP) is 4.02. The highest BCUT2D eigenvalue weighted by Gasteiger charge is 2.38. The van der Waals surface area contributed by atoms with Gasteiger partial charge in [0.15, 0.2) is 0 Å². The Morgan fingerprint density at radius 1 is 1.29 bits per heavy atom. The predicted molar refractivity (Wildman–Crippen MR) is 74.5 cm³/mol. The average Bonchev–Trinajstić information content (AvgIpc) is 2.80. The molecule has 1 aromatic rings. The van der Waals surface area contributed by atoms with E-state index in [1.165, 1.54) is 36.2 Å². The van der Waals surface area contributed by atoms with Crippen molar-refractivity contribution >= 4 is 11.3 Å². The lowest BCUT2D eigenvalue weighted by Gasteiger charge is -2.43. The maximum Gasteiger partial charge on any atom is 0.0560 e. The van der Waals surface area contributed by atoms with Crippen LogP contribution in [0.4, 0.5) is 5.69 Å². The van der Waals surface area contributed by atoms with Crippen molar-refractivity contribution in [2.75, 3.05) is 11.4 Å². The van der Waals surface area contributed by atoms with E-state index >= 15 is 0 Å². The third-order valence-electron chi connectivity index (χ3n) is 4.54. The molecule has 0 aliphatic carbocycles.